The van der Waals surface area contributed by atoms with Gasteiger partial charge in [-0.05, 0) is 104 Å². The SMILES string of the molecule is CC1(C)CC[C@]2(C(=O)O)CC[C@]3(C)C(=CC[C@@H]4[C@@]5(C)CC[C@H](OC(=O)C[C@H](O)C(=O)O)C(C)(C)[C@@H]5CC[C@]43C)[C@@H]2C1. The Kier molecular flexibility index (Phi) is 7.12. The predicted molar refractivity (Wildman–Crippen MR) is 155 cm³/mol. The van der Waals surface area contributed by atoms with Gasteiger partial charge in [-0.25, -0.2) is 4.79 Å². The van der Waals surface area contributed by atoms with Gasteiger partial charge in [-0.3, -0.25) is 9.59 Å². The van der Waals surface area contributed by atoms with Crippen LogP contribution in [0.15, 0.2) is 11.6 Å². The van der Waals surface area contributed by atoms with Crippen molar-refractivity contribution in [3.8, 4) is 0 Å². The van der Waals surface area contributed by atoms with Crippen molar-refractivity contribution in [3.05, 3.63) is 11.6 Å². The summed E-state index contributed by atoms with van der Waals surface area (Å²) in [5.41, 5.74) is 0.702. The summed E-state index contributed by atoms with van der Waals surface area (Å²) in [6, 6.07) is 0. The molecule has 0 unspecified atom stereocenters. The van der Waals surface area contributed by atoms with Crippen LogP contribution in [0.2, 0.25) is 0 Å². The van der Waals surface area contributed by atoms with E-state index in [1.807, 2.05) is 0 Å². The van der Waals surface area contributed by atoms with Crippen LogP contribution in [0.5, 0.6) is 0 Å². The first-order valence-electron chi connectivity index (χ1n) is 15.9. The summed E-state index contributed by atoms with van der Waals surface area (Å²) in [4.78, 5) is 36.5. The average molecular weight is 573 g/mol. The Balaban J connectivity index is 1.45. The third kappa shape index (κ3) is 4.33. The van der Waals surface area contributed by atoms with Crippen molar-refractivity contribution in [2.24, 2.45) is 50.2 Å². The lowest BCUT2D eigenvalue weighted by Gasteiger charge is -2.71. The number of esters is 1. The van der Waals surface area contributed by atoms with Gasteiger partial charge in [0.2, 0.25) is 0 Å². The first-order chi connectivity index (χ1) is 18.8. The minimum absolute atomic E-state index is 0.0399. The van der Waals surface area contributed by atoms with E-state index in [2.05, 4.69) is 54.5 Å². The third-order valence-electron chi connectivity index (χ3n) is 13.9. The Morgan fingerprint density at radius 3 is 2.20 bits per heavy atom. The van der Waals surface area contributed by atoms with E-state index in [1.54, 1.807) is 0 Å². The smallest absolute Gasteiger partial charge is 0.333 e. The molecule has 0 aromatic heterocycles. The van der Waals surface area contributed by atoms with Crippen molar-refractivity contribution in [3.63, 3.8) is 0 Å². The highest BCUT2D eigenvalue weighted by molar-refractivity contribution is 5.80. The molecule has 9 atom stereocenters. The molecule has 0 amide bonds. The topological polar surface area (TPSA) is 121 Å². The molecule has 5 aliphatic carbocycles. The van der Waals surface area contributed by atoms with E-state index >= 15 is 0 Å². The quantitative estimate of drug-likeness (QED) is 0.250. The summed E-state index contributed by atoms with van der Waals surface area (Å²) in [6.45, 7) is 16.4. The average Bonchev–Trinajstić information content (AvgIpc) is 2.85. The Labute approximate surface area is 245 Å². The molecule has 0 spiro atoms. The van der Waals surface area contributed by atoms with Gasteiger partial charge in [-0.15, -0.1) is 0 Å². The fourth-order valence-electron chi connectivity index (χ4n) is 11.3. The van der Waals surface area contributed by atoms with Crippen LogP contribution in [0.4, 0.5) is 0 Å². The number of aliphatic hydroxyl groups is 1. The maximum absolute atomic E-state index is 12.9. The van der Waals surface area contributed by atoms with Crippen LogP contribution in [0.1, 0.15) is 119 Å². The molecular formula is C34H52O7. The van der Waals surface area contributed by atoms with Gasteiger partial charge in [0.05, 0.1) is 11.8 Å². The molecule has 7 nitrogen and oxygen atoms in total. The van der Waals surface area contributed by atoms with Crippen LogP contribution in [-0.4, -0.2) is 45.4 Å². The molecule has 7 heteroatoms. The van der Waals surface area contributed by atoms with Crippen molar-refractivity contribution >= 4 is 17.9 Å². The van der Waals surface area contributed by atoms with Crippen LogP contribution in [0.25, 0.3) is 0 Å². The van der Waals surface area contributed by atoms with Crippen LogP contribution in [0, 0.1) is 50.2 Å². The Hall–Kier alpha value is -1.89. The molecule has 0 aromatic rings. The molecule has 41 heavy (non-hydrogen) atoms. The van der Waals surface area contributed by atoms with E-state index in [9.17, 15) is 24.6 Å². The Morgan fingerprint density at radius 1 is 0.902 bits per heavy atom. The van der Waals surface area contributed by atoms with Crippen LogP contribution in [-0.2, 0) is 19.1 Å². The molecule has 0 saturated heterocycles. The molecule has 4 fully saturated rings. The second-order valence-corrected chi connectivity index (χ2v) is 16.6. The highest BCUT2D eigenvalue weighted by Gasteiger charge is 2.69. The first kappa shape index (κ1) is 30.6. The summed E-state index contributed by atoms with van der Waals surface area (Å²) in [5.74, 6) is -1.80. The van der Waals surface area contributed by atoms with E-state index in [-0.39, 0.29) is 39.1 Å². The zero-order valence-corrected chi connectivity index (χ0v) is 26.2. The number of aliphatic hydroxyl groups excluding tert-OH is 1. The molecule has 0 bridgehead atoms. The van der Waals surface area contributed by atoms with Gasteiger partial charge in [-0.2, -0.15) is 0 Å². The Bertz CT molecular complexity index is 1150. The molecular weight excluding hydrogens is 520 g/mol. The molecule has 230 valence electrons. The molecule has 4 saturated carbocycles. The van der Waals surface area contributed by atoms with Crippen molar-refractivity contribution in [2.75, 3.05) is 0 Å². The molecule has 0 aromatic carbocycles. The number of carboxylic acid groups (broad SMARTS) is 2. The molecule has 5 aliphatic rings. The highest BCUT2D eigenvalue weighted by atomic mass is 16.5. The number of fused-ring (bicyclic) bond motifs is 7. The predicted octanol–water partition coefficient (Wildman–Crippen LogP) is 6.62. The minimum Gasteiger partial charge on any atom is -0.481 e. The molecule has 3 N–H and O–H groups in total. The van der Waals surface area contributed by atoms with Gasteiger partial charge >= 0.3 is 17.9 Å². The lowest BCUT2D eigenvalue weighted by atomic mass is 9.33. The summed E-state index contributed by atoms with van der Waals surface area (Å²) < 4.78 is 5.87. The number of hydrogen-bond acceptors (Lipinski definition) is 5. The van der Waals surface area contributed by atoms with Gasteiger partial charge in [0, 0.05) is 5.41 Å². The fourth-order valence-corrected chi connectivity index (χ4v) is 11.3. The van der Waals surface area contributed by atoms with Crippen LogP contribution < -0.4 is 0 Å². The standard InChI is InChI=1S/C34H52O7/c1-29(2)14-16-34(28(39)40)17-15-32(6)20(21(34)19-29)8-9-24-31(5)12-11-25(41-26(36)18-22(35)27(37)38)30(3,4)23(31)10-13-33(24,32)7/h8,21-25,35H,9-19H2,1-7H3,(H,37,38)(H,39,40)/t21-,22-,23-,24+,25-,31-,32+,33+,34-/m0/s1. The monoisotopic (exact) mass is 572 g/mol. The largest absolute Gasteiger partial charge is 0.481 e. The lowest BCUT2D eigenvalue weighted by Crippen LogP contribution is -2.65. The van der Waals surface area contributed by atoms with Gasteiger partial charge in [0.25, 0.3) is 0 Å². The van der Waals surface area contributed by atoms with Gasteiger partial charge in [0.1, 0.15) is 6.10 Å². The lowest BCUT2D eigenvalue weighted by molar-refractivity contribution is -0.214. The van der Waals surface area contributed by atoms with E-state index in [4.69, 9.17) is 9.84 Å². The second kappa shape index (κ2) is 9.56. The summed E-state index contributed by atoms with van der Waals surface area (Å²) >= 11 is 0. The number of hydrogen-bond donors (Lipinski definition) is 3. The number of carbonyl (C=O) groups excluding carboxylic acids is 1. The van der Waals surface area contributed by atoms with Crippen molar-refractivity contribution in [1.29, 1.82) is 0 Å². The maximum Gasteiger partial charge on any atom is 0.333 e. The number of carbonyl (C=O) groups is 3. The van der Waals surface area contributed by atoms with Gasteiger partial charge in [0.15, 0.2) is 6.10 Å². The molecule has 5 rings (SSSR count). The molecule has 0 aliphatic heterocycles. The maximum atomic E-state index is 12.9. The van der Waals surface area contributed by atoms with Gasteiger partial charge in [-0.1, -0.05) is 60.1 Å². The Morgan fingerprint density at radius 2 is 1.56 bits per heavy atom. The van der Waals surface area contributed by atoms with E-state index in [0.717, 1.165) is 57.8 Å². The van der Waals surface area contributed by atoms with Crippen LogP contribution in [0.3, 0.4) is 0 Å². The normalized spacial score (nSPS) is 45.0. The molecule has 0 heterocycles. The first-order valence-corrected chi connectivity index (χ1v) is 15.9. The van der Waals surface area contributed by atoms with Crippen molar-refractivity contribution in [1.82, 2.24) is 0 Å². The zero-order chi connectivity index (χ0) is 30.4. The number of ether oxygens (including phenoxy) is 1. The number of rotatable bonds is 5. The summed E-state index contributed by atoms with van der Waals surface area (Å²) in [7, 11) is 0. The van der Waals surface area contributed by atoms with E-state index < -0.39 is 35.8 Å². The zero-order valence-electron chi connectivity index (χ0n) is 26.2. The van der Waals surface area contributed by atoms with Gasteiger partial charge < -0.3 is 20.1 Å². The third-order valence-corrected chi connectivity index (χ3v) is 13.9. The molecule has 0 radical (unpaired) electrons. The van der Waals surface area contributed by atoms with Crippen molar-refractivity contribution < 1.29 is 34.4 Å². The highest BCUT2D eigenvalue weighted by Crippen LogP contribution is 2.75. The van der Waals surface area contributed by atoms with Crippen LogP contribution >= 0.6 is 0 Å². The second-order valence-electron chi connectivity index (χ2n) is 16.6. The number of carboxylic acids is 2. The van der Waals surface area contributed by atoms with Crippen molar-refractivity contribution in [2.45, 2.75) is 131 Å². The van der Waals surface area contributed by atoms with E-state index in [0.29, 0.717) is 18.3 Å². The summed E-state index contributed by atoms with van der Waals surface area (Å²) in [6.07, 6.45) is 8.92. The number of aliphatic carboxylic acids is 2. The van der Waals surface area contributed by atoms with E-state index in [1.165, 1.54) is 5.57 Å². The fraction of sp³-hybridized carbons (Fsp3) is 0.853. The minimum atomic E-state index is -1.75. The summed E-state index contributed by atoms with van der Waals surface area (Å²) in [5, 5.41) is 29.2. The number of allylic oxidation sites excluding steroid dienone is 2.